The van der Waals surface area contributed by atoms with E-state index in [2.05, 4.69) is 0 Å². The minimum absolute atomic E-state index is 0.0295. The quantitative estimate of drug-likeness (QED) is 0.659. The number of para-hydroxylation sites is 1. The molecule has 0 aromatic heterocycles. The summed E-state index contributed by atoms with van der Waals surface area (Å²) in [6.07, 6.45) is 0.421. The van der Waals surface area contributed by atoms with E-state index in [1.807, 2.05) is 18.2 Å². The molecule has 2 aromatic carbocycles. The molecule has 0 bridgehead atoms. The van der Waals surface area contributed by atoms with Crippen LogP contribution in [0.1, 0.15) is 6.42 Å². The first-order valence-corrected chi connectivity index (χ1v) is 7.70. The van der Waals surface area contributed by atoms with Gasteiger partial charge in [0.15, 0.2) is 0 Å². The van der Waals surface area contributed by atoms with Crippen molar-refractivity contribution >= 4 is 16.5 Å². The molecule has 112 valence electrons. The summed E-state index contributed by atoms with van der Waals surface area (Å²) in [5.41, 5.74) is 5.29. The Hall–Kier alpha value is -1.95. The lowest BCUT2D eigenvalue weighted by Crippen LogP contribution is -2.08. The molecule has 1 unspecified atom stereocenters. The van der Waals surface area contributed by atoms with Gasteiger partial charge in [0.05, 0.1) is 17.4 Å². The first-order valence-electron chi connectivity index (χ1n) is 6.38. The van der Waals surface area contributed by atoms with E-state index in [0.29, 0.717) is 18.8 Å². The van der Waals surface area contributed by atoms with E-state index in [9.17, 15) is 13.0 Å². The Labute approximate surface area is 124 Å². The molecule has 0 radical (unpaired) electrons. The third kappa shape index (κ3) is 4.26. The second-order valence-corrected chi connectivity index (χ2v) is 5.89. The van der Waals surface area contributed by atoms with Crippen molar-refractivity contribution in [3.63, 3.8) is 0 Å². The normalized spacial score (nSPS) is 12.1. The van der Waals surface area contributed by atoms with Gasteiger partial charge in [0.25, 0.3) is 0 Å². The minimum Gasteiger partial charge on any atom is -0.494 e. The average Bonchev–Trinajstić information content (AvgIpc) is 2.43. The number of halogens is 2. The summed E-state index contributed by atoms with van der Waals surface area (Å²) in [5.74, 6) is -0.942. The molecule has 21 heavy (non-hydrogen) atoms. The zero-order valence-electron chi connectivity index (χ0n) is 11.2. The number of ether oxygens (including phenoxy) is 1. The number of nitrogens with two attached hydrogens (primary N) is 1. The van der Waals surface area contributed by atoms with Crippen LogP contribution in [0.4, 0.5) is 14.5 Å². The van der Waals surface area contributed by atoms with Crippen LogP contribution < -0.4 is 10.5 Å². The van der Waals surface area contributed by atoms with Gasteiger partial charge in [-0.2, -0.15) is 0 Å². The molecule has 0 aliphatic carbocycles. The molecular weight excluding hydrogens is 296 g/mol. The Bertz CT molecular complexity index is 612. The molecule has 2 aromatic rings. The zero-order valence-corrected chi connectivity index (χ0v) is 12.0. The SMILES string of the molecule is Nc1cc(F)c(S(=O)CCCOc2ccccc2)c(F)c1. The van der Waals surface area contributed by atoms with E-state index in [0.717, 1.165) is 12.1 Å². The fourth-order valence-corrected chi connectivity index (χ4v) is 2.93. The monoisotopic (exact) mass is 311 g/mol. The van der Waals surface area contributed by atoms with Crippen LogP contribution in [0, 0.1) is 11.6 Å². The first kappa shape index (κ1) is 15.4. The van der Waals surface area contributed by atoms with Crippen LogP contribution >= 0.6 is 0 Å². The number of benzene rings is 2. The predicted molar refractivity (Wildman–Crippen MR) is 78.6 cm³/mol. The summed E-state index contributed by atoms with van der Waals surface area (Å²) in [6, 6.07) is 11.1. The van der Waals surface area contributed by atoms with Crippen LogP contribution in [0.15, 0.2) is 47.4 Å². The number of rotatable bonds is 6. The topological polar surface area (TPSA) is 52.3 Å². The summed E-state index contributed by atoms with van der Waals surface area (Å²) < 4.78 is 44.6. The maximum atomic E-state index is 13.6. The molecule has 0 aliphatic rings. The van der Waals surface area contributed by atoms with E-state index in [1.165, 1.54) is 0 Å². The molecule has 2 rings (SSSR count). The molecule has 0 heterocycles. The fourth-order valence-electron chi connectivity index (χ4n) is 1.80. The van der Waals surface area contributed by atoms with Crippen LogP contribution in [-0.4, -0.2) is 16.6 Å². The highest BCUT2D eigenvalue weighted by molar-refractivity contribution is 7.85. The van der Waals surface area contributed by atoms with Gasteiger partial charge in [0, 0.05) is 11.4 Å². The van der Waals surface area contributed by atoms with E-state index < -0.39 is 27.3 Å². The van der Waals surface area contributed by atoms with E-state index >= 15 is 0 Å². The third-order valence-corrected chi connectivity index (χ3v) is 4.24. The van der Waals surface area contributed by atoms with Crippen LogP contribution in [0.25, 0.3) is 0 Å². The molecule has 0 spiro atoms. The number of anilines is 1. The molecule has 0 fully saturated rings. The predicted octanol–water partition coefficient (Wildman–Crippen LogP) is 3.12. The molecular formula is C15H15F2NO2S. The summed E-state index contributed by atoms with van der Waals surface area (Å²) in [5, 5.41) is 0. The Morgan fingerprint density at radius 3 is 2.33 bits per heavy atom. The number of nitrogen functional groups attached to an aromatic ring is 1. The molecule has 0 saturated heterocycles. The summed E-state index contributed by atoms with van der Waals surface area (Å²) in [7, 11) is -1.76. The maximum Gasteiger partial charge on any atom is 0.144 e. The van der Waals surface area contributed by atoms with Crippen molar-refractivity contribution in [2.24, 2.45) is 0 Å². The second kappa shape index (κ2) is 7.17. The Kier molecular flexibility index (Phi) is 5.27. The second-order valence-electron chi connectivity index (χ2n) is 4.38. The summed E-state index contributed by atoms with van der Waals surface area (Å²) in [4.78, 5) is -0.427. The summed E-state index contributed by atoms with van der Waals surface area (Å²) in [6.45, 7) is 0.327. The zero-order chi connectivity index (χ0) is 15.2. The molecule has 6 heteroatoms. The van der Waals surface area contributed by atoms with Crippen LogP contribution in [0.5, 0.6) is 5.75 Å². The lowest BCUT2D eigenvalue weighted by molar-refractivity contribution is 0.318. The molecule has 0 saturated carbocycles. The van der Waals surface area contributed by atoms with Crippen molar-refractivity contribution in [1.82, 2.24) is 0 Å². The van der Waals surface area contributed by atoms with Gasteiger partial charge in [-0.25, -0.2) is 8.78 Å². The van der Waals surface area contributed by atoms with Gasteiger partial charge >= 0.3 is 0 Å². The lowest BCUT2D eigenvalue weighted by atomic mass is 10.3. The molecule has 1 atom stereocenters. The molecule has 2 N–H and O–H groups in total. The van der Waals surface area contributed by atoms with E-state index in [-0.39, 0.29) is 11.4 Å². The van der Waals surface area contributed by atoms with Crippen molar-refractivity contribution in [3.8, 4) is 5.75 Å². The number of hydrogen-bond donors (Lipinski definition) is 1. The Balaban J connectivity index is 1.88. The smallest absolute Gasteiger partial charge is 0.144 e. The largest absolute Gasteiger partial charge is 0.494 e. The average molecular weight is 311 g/mol. The fraction of sp³-hybridized carbons (Fsp3) is 0.200. The van der Waals surface area contributed by atoms with Gasteiger partial charge in [-0.1, -0.05) is 18.2 Å². The summed E-state index contributed by atoms with van der Waals surface area (Å²) >= 11 is 0. The van der Waals surface area contributed by atoms with Crippen molar-refractivity contribution in [1.29, 1.82) is 0 Å². The standard InChI is InChI=1S/C15H15F2NO2S/c16-13-9-11(18)10-14(17)15(13)21(19)8-4-7-20-12-5-2-1-3-6-12/h1-3,5-6,9-10H,4,7-8,18H2. The third-order valence-electron chi connectivity index (χ3n) is 2.73. The highest BCUT2D eigenvalue weighted by Gasteiger charge is 2.16. The van der Waals surface area contributed by atoms with Crippen molar-refractivity contribution in [2.45, 2.75) is 11.3 Å². The van der Waals surface area contributed by atoms with E-state index in [1.54, 1.807) is 12.1 Å². The van der Waals surface area contributed by atoms with Crippen LogP contribution in [-0.2, 0) is 10.8 Å². The van der Waals surface area contributed by atoms with Crippen LogP contribution in [0.2, 0.25) is 0 Å². The van der Waals surface area contributed by atoms with Gasteiger partial charge in [0.1, 0.15) is 22.3 Å². The van der Waals surface area contributed by atoms with Gasteiger partial charge in [-0.15, -0.1) is 0 Å². The minimum atomic E-state index is -1.76. The van der Waals surface area contributed by atoms with Gasteiger partial charge in [-0.3, -0.25) is 4.21 Å². The highest BCUT2D eigenvalue weighted by Crippen LogP contribution is 2.21. The first-order chi connectivity index (χ1) is 10.1. The maximum absolute atomic E-state index is 13.6. The molecule has 3 nitrogen and oxygen atoms in total. The van der Waals surface area contributed by atoms with Crippen molar-refractivity contribution in [3.05, 3.63) is 54.1 Å². The molecule has 0 aliphatic heterocycles. The Morgan fingerprint density at radius 2 is 1.71 bits per heavy atom. The number of hydrogen-bond acceptors (Lipinski definition) is 3. The van der Waals surface area contributed by atoms with Crippen LogP contribution in [0.3, 0.4) is 0 Å². The molecule has 0 amide bonds. The van der Waals surface area contributed by atoms with Crippen molar-refractivity contribution in [2.75, 3.05) is 18.1 Å². The van der Waals surface area contributed by atoms with Gasteiger partial charge in [0.2, 0.25) is 0 Å². The van der Waals surface area contributed by atoms with E-state index in [4.69, 9.17) is 10.5 Å². The van der Waals surface area contributed by atoms with Gasteiger partial charge < -0.3 is 10.5 Å². The Morgan fingerprint density at radius 1 is 1.10 bits per heavy atom. The highest BCUT2D eigenvalue weighted by atomic mass is 32.2. The van der Waals surface area contributed by atoms with Gasteiger partial charge in [-0.05, 0) is 30.7 Å². The lowest BCUT2D eigenvalue weighted by Gasteiger charge is -2.08. The van der Waals surface area contributed by atoms with Crippen molar-refractivity contribution < 1.29 is 17.7 Å².